The van der Waals surface area contributed by atoms with Gasteiger partial charge >= 0.3 is 0 Å². The molecular weight excluding hydrogens is 432 g/mol. The summed E-state index contributed by atoms with van der Waals surface area (Å²) in [5, 5.41) is 43.4. The number of nitrogens with zero attached hydrogens (tertiary/aromatic N) is 3. The molecule has 2 aromatic carbocycles. The van der Waals surface area contributed by atoms with Gasteiger partial charge in [0.15, 0.2) is 11.5 Å². The van der Waals surface area contributed by atoms with Crippen LogP contribution in [-0.2, 0) is 12.8 Å². The lowest BCUT2D eigenvalue weighted by atomic mass is 9.71. The molecular formula is C26H32N4O4. The van der Waals surface area contributed by atoms with E-state index in [4.69, 9.17) is 10.5 Å². The third-order valence-electron chi connectivity index (χ3n) is 8.43. The fraction of sp³-hybridized carbons (Fsp3) is 0.500. The van der Waals surface area contributed by atoms with Crippen LogP contribution < -0.4 is 10.5 Å². The van der Waals surface area contributed by atoms with Gasteiger partial charge in [0.25, 0.3) is 0 Å². The molecule has 1 saturated heterocycles. The second-order valence-electron chi connectivity index (χ2n) is 9.91. The second-order valence-corrected chi connectivity index (χ2v) is 9.91. The van der Waals surface area contributed by atoms with Crippen LogP contribution in [-0.4, -0.2) is 63.9 Å². The zero-order valence-corrected chi connectivity index (χ0v) is 20.3. The molecule has 0 aromatic heterocycles. The van der Waals surface area contributed by atoms with Crippen molar-refractivity contribution in [3.05, 3.63) is 45.0 Å². The molecule has 8 heteroatoms. The highest BCUT2D eigenvalue weighted by Gasteiger charge is 2.55. The van der Waals surface area contributed by atoms with E-state index in [0.717, 1.165) is 27.8 Å². The van der Waals surface area contributed by atoms with Gasteiger partial charge in [-0.2, -0.15) is 5.26 Å². The maximum Gasteiger partial charge on any atom is 0.163 e. The van der Waals surface area contributed by atoms with Gasteiger partial charge in [-0.05, 0) is 62.9 Å². The lowest BCUT2D eigenvalue weighted by Crippen LogP contribution is -2.68. The van der Waals surface area contributed by atoms with Crippen molar-refractivity contribution in [3.8, 4) is 29.1 Å². The first-order valence-corrected chi connectivity index (χ1v) is 11.7. The molecule has 180 valence electrons. The Bertz CT molecular complexity index is 1240. The molecule has 8 nitrogen and oxygen atoms in total. The number of nitrogens with two attached hydrogens (primary N) is 1. The Balaban J connectivity index is 1.79. The lowest BCUT2D eigenvalue weighted by Gasteiger charge is -2.60. The number of benzene rings is 2. The molecule has 0 unspecified atom stereocenters. The van der Waals surface area contributed by atoms with Crippen molar-refractivity contribution in [3.63, 3.8) is 0 Å². The molecule has 2 bridgehead atoms. The van der Waals surface area contributed by atoms with Crippen molar-refractivity contribution in [2.45, 2.75) is 63.8 Å². The van der Waals surface area contributed by atoms with Crippen molar-refractivity contribution in [2.24, 2.45) is 5.73 Å². The standard InChI is InChI=1S/C26H32N4O4/c1-11-6-14-7-16-18(9-27)30-17(22(29(16)4)21(14)25(33)26(11)34-5)8-15-20(19(30)10-28)12(2)23(31)13(3)24(15)32/h6,16-19,22,31-33H,7-8,10,28H2,1-5H3/t16-,17+,18+,19+,22-/m1/s1. The lowest BCUT2D eigenvalue weighted by molar-refractivity contribution is -0.0708. The summed E-state index contributed by atoms with van der Waals surface area (Å²) in [6.07, 6.45) is 1.09. The predicted octanol–water partition coefficient (Wildman–Crippen LogP) is 2.47. The van der Waals surface area contributed by atoms with Crippen LogP contribution >= 0.6 is 0 Å². The zero-order chi connectivity index (χ0) is 24.6. The first-order chi connectivity index (χ1) is 16.2. The van der Waals surface area contributed by atoms with Gasteiger partial charge in [-0.15, -0.1) is 0 Å². The Kier molecular flexibility index (Phi) is 5.21. The molecule has 0 saturated carbocycles. The van der Waals surface area contributed by atoms with Gasteiger partial charge < -0.3 is 25.8 Å². The Hall–Kier alpha value is -2.99. The Morgan fingerprint density at radius 3 is 2.38 bits per heavy atom. The normalized spacial score (nSPS) is 28.0. The van der Waals surface area contributed by atoms with Crippen LogP contribution in [0.1, 0.15) is 51.0 Å². The highest BCUT2D eigenvalue weighted by atomic mass is 16.5. The minimum absolute atomic E-state index is 0.0687. The van der Waals surface area contributed by atoms with Gasteiger partial charge in [-0.25, -0.2) is 0 Å². The molecule has 0 amide bonds. The molecule has 1 fully saturated rings. The Labute approximate surface area is 199 Å². The van der Waals surface area contributed by atoms with Gasteiger partial charge in [-0.3, -0.25) is 9.80 Å². The number of aromatic hydroxyl groups is 3. The maximum atomic E-state index is 11.3. The van der Waals surface area contributed by atoms with Crippen molar-refractivity contribution < 1.29 is 20.1 Å². The number of hydrogen-bond acceptors (Lipinski definition) is 8. The van der Waals surface area contributed by atoms with Crippen molar-refractivity contribution >= 4 is 0 Å². The molecule has 2 aromatic rings. The second kappa shape index (κ2) is 7.77. The van der Waals surface area contributed by atoms with Crippen molar-refractivity contribution in [1.29, 1.82) is 5.26 Å². The molecule has 5 N–H and O–H groups in total. The highest BCUT2D eigenvalue weighted by Crippen LogP contribution is 2.55. The number of piperazine rings is 1. The summed E-state index contributed by atoms with van der Waals surface area (Å²) in [5.74, 6) is 0.751. The van der Waals surface area contributed by atoms with E-state index in [1.54, 1.807) is 14.0 Å². The Morgan fingerprint density at radius 1 is 1.06 bits per heavy atom. The summed E-state index contributed by atoms with van der Waals surface area (Å²) in [5.41, 5.74) is 11.8. The number of rotatable bonds is 2. The van der Waals surface area contributed by atoms with Gasteiger partial charge in [0, 0.05) is 41.4 Å². The number of ether oxygens (including phenoxy) is 1. The summed E-state index contributed by atoms with van der Waals surface area (Å²) in [4.78, 5) is 4.37. The van der Waals surface area contributed by atoms with E-state index in [0.29, 0.717) is 29.7 Å². The van der Waals surface area contributed by atoms with E-state index in [1.807, 2.05) is 20.9 Å². The zero-order valence-electron chi connectivity index (χ0n) is 20.3. The predicted molar refractivity (Wildman–Crippen MR) is 127 cm³/mol. The molecule has 0 aliphatic carbocycles. The number of nitriles is 1. The smallest absolute Gasteiger partial charge is 0.163 e. The van der Waals surface area contributed by atoms with Crippen molar-refractivity contribution in [1.82, 2.24) is 9.80 Å². The molecule has 34 heavy (non-hydrogen) atoms. The maximum absolute atomic E-state index is 11.3. The molecule has 3 heterocycles. The van der Waals surface area contributed by atoms with E-state index < -0.39 is 6.04 Å². The fourth-order valence-electron chi connectivity index (χ4n) is 6.92. The molecule has 5 rings (SSSR count). The number of hydrogen-bond donors (Lipinski definition) is 4. The number of aryl methyl sites for hydroxylation is 1. The summed E-state index contributed by atoms with van der Waals surface area (Å²) < 4.78 is 5.53. The summed E-state index contributed by atoms with van der Waals surface area (Å²) in [6.45, 7) is 5.71. The monoisotopic (exact) mass is 464 g/mol. The van der Waals surface area contributed by atoms with E-state index in [2.05, 4.69) is 21.9 Å². The van der Waals surface area contributed by atoms with Gasteiger partial charge in [-0.1, -0.05) is 6.07 Å². The van der Waals surface area contributed by atoms with Gasteiger partial charge in [0.1, 0.15) is 17.5 Å². The first kappa shape index (κ1) is 22.8. The third kappa shape index (κ3) is 2.75. The van der Waals surface area contributed by atoms with E-state index in [1.165, 1.54) is 0 Å². The first-order valence-electron chi connectivity index (χ1n) is 11.7. The minimum atomic E-state index is -0.435. The summed E-state index contributed by atoms with van der Waals surface area (Å²) >= 11 is 0. The number of phenolic OH excluding ortho intramolecular Hbond substituents is 3. The number of fused-ring (bicyclic) bond motifs is 7. The van der Waals surface area contributed by atoms with E-state index in [-0.39, 0.29) is 48.0 Å². The molecule has 0 radical (unpaired) electrons. The summed E-state index contributed by atoms with van der Waals surface area (Å²) in [7, 11) is 3.56. The van der Waals surface area contributed by atoms with Gasteiger partial charge in [0.2, 0.25) is 0 Å². The summed E-state index contributed by atoms with van der Waals surface area (Å²) in [6, 6.07) is 3.31. The molecule has 0 spiro atoms. The van der Waals surface area contributed by atoms with Crippen LogP contribution in [0.25, 0.3) is 0 Å². The SMILES string of the molecule is COc1c(C)cc2c(c1O)[C@H]1[C@@H]3Cc4c(O)c(C)c(O)c(C)c4[C@H](CN)N3[C@@H](C#N)[C@@H](C2)N1C. The third-order valence-corrected chi connectivity index (χ3v) is 8.43. The average Bonchev–Trinajstić information content (AvgIpc) is 2.81. The fourth-order valence-corrected chi connectivity index (χ4v) is 6.92. The molecule has 5 atom stereocenters. The average molecular weight is 465 g/mol. The van der Waals surface area contributed by atoms with Crippen LogP contribution in [0.2, 0.25) is 0 Å². The van der Waals surface area contributed by atoms with Crippen molar-refractivity contribution in [2.75, 3.05) is 20.7 Å². The van der Waals surface area contributed by atoms with Crippen LogP contribution in [0.4, 0.5) is 0 Å². The quantitative estimate of drug-likeness (QED) is 0.534. The van der Waals surface area contributed by atoms with Gasteiger partial charge in [0.05, 0.1) is 19.2 Å². The number of methoxy groups -OCH3 is 1. The number of phenols is 3. The van der Waals surface area contributed by atoms with Crippen LogP contribution in [0.5, 0.6) is 23.0 Å². The van der Waals surface area contributed by atoms with Crippen LogP contribution in [0, 0.1) is 32.1 Å². The molecule has 3 aliphatic heterocycles. The Morgan fingerprint density at radius 2 is 1.76 bits per heavy atom. The number of likely N-dealkylation sites (N-methyl/N-ethyl adjacent to an activating group) is 1. The highest BCUT2D eigenvalue weighted by molar-refractivity contribution is 5.62. The largest absolute Gasteiger partial charge is 0.507 e. The minimum Gasteiger partial charge on any atom is -0.507 e. The van der Waals surface area contributed by atoms with E-state index >= 15 is 0 Å². The topological polar surface area (TPSA) is 126 Å². The van der Waals surface area contributed by atoms with Crippen LogP contribution in [0.3, 0.4) is 0 Å². The van der Waals surface area contributed by atoms with E-state index in [9.17, 15) is 20.6 Å². The van der Waals surface area contributed by atoms with Crippen LogP contribution in [0.15, 0.2) is 6.07 Å². The molecule has 3 aliphatic rings.